The number of rotatable bonds is 3. The van der Waals surface area contributed by atoms with Gasteiger partial charge >= 0.3 is 0 Å². The Morgan fingerprint density at radius 1 is 1.35 bits per heavy atom. The van der Waals surface area contributed by atoms with Gasteiger partial charge in [-0.15, -0.1) is 5.10 Å². The molecule has 1 N–H and O–H groups in total. The Morgan fingerprint density at radius 3 is 2.76 bits per heavy atom. The summed E-state index contributed by atoms with van der Waals surface area (Å²) < 4.78 is 2.47. The predicted molar refractivity (Wildman–Crippen MR) is 72.5 cm³/mol. The van der Waals surface area contributed by atoms with E-state index in [2.05, 4.69) is 31.6 Å². The number of aryl methyl sites for hydroxylation is 1. The molecule has 0 bridgehead atoms. The highest BCUT2D eigenvalue weighted by atomic mass is 79.9. The quantitative estimate of drug-likeness (QED) is 0.873. The Morgan fingerprint density at radius 2 is 2.12 bits per heavy atom. The Kier molecular flexibility index (Phi) is 3.91. The fourth-order valence-corrected chi connectivity index (χ4v) is 2.16. The molecule has 0 fully saturated rings. The van der Waals surface area contributed by atoms with Crippen LogP contribution in [0.5, 0.6) is 0 Å². The zero-order valence-corrected chi connectivity index (χ0v) is 12.0. The van der Waals surface area contributed by atoms with E-state index in [1.165, 1.54) is 0 Å². The molecular formula is C10H9BrCl2N4. The van der Waals surface area contributed by atoms with Gasteiger partial charge in [0.05, 0.1) is 34.2 Å². The molecule has 1 aromatic heterocycles. The van der Waals surface area contributed by atoms with Crippen LogP contribution in [0.3, 0.4) is 0 Å². The lowest BCUT2D eigenvalue weighted by Crippen LogP contribution is -2.05. The summed E-state index contributed by atoms with van der Waals surface area (Å²) in [5, 5.41) is 11.8. The first-order valence-electron chi connectivity index (χ1n) is 4.80. The van der Waals surface area contributed by atoms with Gasteiger partial charge in [-0.05, 0) is 28.1 Å². The van der Waals surface area contributed by atoms with Gasteiger partial charge in [0.25, 0.3) is 0 Å². The highest BCUT2D eigenvalue weighted by molar-refractivity contribution is 9.10. The van der Waals surface area contributed by atoms with Crippen LogP contribution in [0.2, 0.25) is 10.0 Å². The molecule has 0 spiro atoms. The lowest BCUT2D eigenvalue weighted by Gasteiger charge is -2.10. The third kappa shape index (κ3) is 2.73. The van der Waals surface area contributed by atoms with Gasteiger partial charge in [0.1, 0.15) is 0 Å². The molecule has 0 aliphatic carbocycles. The van der Waals surface area contributed by atoms with Crippen LogP contribution < -0.4 is 5.32 Å². The van der Waals surface area contributed by atoms with Crippen molar-refractivity contribution in [3.8, 4) is 0 Å². The van der Waals surface area contributed by atoms with Crippen LogP contribution >= 0.6 is 39.1 Å². The monoisotopic (exact) mass is 334 g/mol. The number of anilines is 1. The van der Waals surface area contributed by atoms with E-state index < -0.39 is 0 Å². The first kappa shape index (κ1) is 12.7. The van der Waals surface area contributed by atoms with Crippen molar-refractivity contribution in [2.45, 2.75) is 6.54 Å². The maximum Gasteiger partial charge on any atom is 0.0835 e. The average molecular weight is 336 g/mol. The van der Waals surface area contributed by atoms with E-state index in [1.54, 1.807) is 10.9 Å². The van der Waals surface area contributed by atoms with Crippen LogP contribution in [0.25, 0.3) is 0 Å². The third-order valence-electron chi connectivity index (χ3n) is 2.30. The maximum absolute atomic E-state index is 6.12. The van der Waals surface area contributed by atoms with Crippen molar-refractivity contribution in [3.05, 3.63) is 38.5 Å². The van der Waals surface area contributed by atoms with Gasteiger partial charge < -0.3 is 5.32 Å². The fraction of sp³-hybridized carbons (Fsp3) is 0.200. The zero-order valence-electron chi connectivity index (χ0n) is 8.91. The zero-order chi connectivity index (χ0) is 12.4. The maximum atomic E-state index is 6.12. The second-order valence-corrected chi connectivity index (χ2v) is 5.04. The molecule has 2 rings (SSSR count). The number of aromatic nitrogens is 3. The minimum absolute atomic E-state index is 0.496. The minimum Gasteiger partial charge on any atom is -0.378 e. The number of hydrogen-bond donors (Lipinski definition) is 1. The normalized spacial score (nSPS) is 10.6. The molecule has 0 unspecified atom stereocenters. The van der Waals surface area contributed by atoms with Gasteiger partial charge in [0.2, 0.25) is 0 Å². The van der Waals surface area contributed by atoms with Gasteiger partial charge in [0, 0.05) is 11.5 Å². The van der Waals surface area contributed by atoms with Crippen LogP contribution in [-0.4, -0.2) is 15.0 Å². The molecule has 7 heteroatoms. The van der Waals surface area contributed by atoms with Crippen LogP contribution in [0.4, 0.5) is 5.69 Å². The lowest BCUT2D eigenvalue weighted by molar-refractivity contribution is 0.683. The van der Waals surface area contributed by atoms with E-state index >= 15 is 0 Å². The average Bonchev–Trinajstić information content (AvgIpc) is 2.71. The summed E-state index contributed by atoms with van der Waals surface area (Å²) in [6.07, 6.45) is 1.70. The van der Waals surface area contributed by atoms with Crippen molar-refractivity contribution in [2.75, 3.05) is 5.32 Å². The van der Waals surface area contributed by atoms with E-state index in [4.69, 9.17) is 23.2 Å². The lowest BCUT2D eigenvalue weighted by atomic mass is 10.3. The van der Waals surface area contributed by atoms with Gasteiger partial charge in [-0.25, -0.2) is 0 Å². The fourth-order valence-electron chi connectivity index (χ4n) is 1.32. The minimum atomic E-state index is 0.496. The Labute approximate surface area is 117 Å². The van der Waals surface area contributed by atoms with Crippen LogP contribution in [0.15, 0.2) is 22.8 Å². The van der Waals surface area contributed by atoms with Crippen LogP contribution in [0, 0.1) is 0 Å². The number of benzene rings is 1. The Balaban J connectivity index is 2.15. The topological polar surface area (TPSA) is 42.7 Å². The van der Waals surface area contributed by atoms with Crippen molar-refractivity contribution >= 4 is 44.8 Å². The first-order valence-corrected chi connectivity index (χ1v) is 6.35. The summed E-state index contributed by atoms with van der Waals surface area (Å²) in [5.74, 6) is 0. The van der Waals surface area contributed by atoms with Gasteiger partial charge in [0.15, 0.2) is 0 Å². The van der Waals surface area contributed by atoms with Crippen molar-refractivity contribution in [1.29, 1.82) is 0 Å². The summed E-state index contributed by atoms with van der Waals surface area (Å²) in [5.41, 5.74) is 1.74. The molecule has 1 aromatic carbocycles. The summed E-state index contributed by atoms with van der Waals surface area (Å²) in [7, 11) is 1.83. The smallest absolute Gasteiger partial charge is 0.0835 e. The van der Waals surface area contributed by atoms with E-state index in [0.717, 1.165) is 15.9 Å². The van der Waals surface area contributed by atoms with E-state index in [9.17, 15) is 0 Å². The van der Waals surface area contributed by atoms with Crippen LogP contribution in [-0.2, 0) is 13.6 Å². The highest BCUT2D eigenvalue weighted by Crippen LogP contribution is 2.35. The number of nitrogens with zero attached hydrogens (tertiary/aromatic N) is 3. The van der Waals surface area contributed by atoms with Gasteiger partial charge in [-0.3, -0.25) is 4.68 Å². The van der Waals surface area contributed by atoms with Crippen molar-refractivity contribution in [3.63, 3.8) is 0 Å². The second-order valence-electron chi connectivity index (χ2n) is 3.43. The largest absolute Gasteiger partial charge is 0.378 e. The van der Waals surface area contributed by atoms with Gasteiger partial charge in [-0.2, -0.15) is 0 Å². The summed E-state index contributed by atoms with van der Waals surface area (Å²) >= 11 is 15.5. The summed E-state index contributed by atoms with van der Waals surface area (Å²) in [4.78, 5) is 0. The van der Waals surface area contributed by atoms with Crippen molar-refractivity contribution in [1.82, 2.24) is 15.0 Å². The molecule has 90 valence electrons. The molecule has 4 nitrogen and oxygen atoms in total. The molecule has 2 aromatic rings. The van der Waals surface area contributed by atoms with E-state index in [1.807, 2.05) is 19.2 Å². The van der Waals surface area contributed by atoms with E-state index in [-0.39, 0.29) is 0 Å². The molecular weight excluding hydrogens is 327 g/mol. The van der Waals surface area contributed by atoms with Crippen molar-refractivity contribution in [2.24, 2.45) is 7.05 Å². The Hall–Kier alpha value is -0.780. The second kappa shape index (κ2) is 5.25. The predicted octanol–water partition coefficient (Wildman–Crippen LogP) is 3.50. The molecule has 0 atom stereocenters. The van der Waals surface area contributed by atoms with E-state index in [0.29, 0.717) is 16.6 Å². The molecule has 17 heavy (non-hydrogen) atoms. The SMILES string of the molecule is Cn1nncc1CNc1ccc(Br)c(Cl)c1Cl. The molecule has 1 heterocycles. The van der Waals surface area contributed by atoms with Gasteiger partial charge in [-0.1, -0.05) is 28.4 Å². The Bertz CT molecular complexity index is 541. The molecule has 0 saturated carbocycles. The first-order chi connectivity index (χ1) is 8.09. The van der Waals surface area contributed by atoms with Crippen molar-refractivity contribution < 1.29 is 0 Å². The summed E-state index contributed by atoms with van der Waals surface area (Å²) in [6, 6.07) is 3.71. The number of halogens is 3. The highest BCUT2D eigenvalue weighted by Gasteiger charge is 2.08. The number of hydrogen-bond acceptors (Lipinski definition) is 3. The standard InChI is InChI=1S/C10H9BrCl2N4/c1-17-6(5-15-16-17)4-14-8-3-2-7(11)9(12)10(8)13/h2-3,5,14H,4H2,1H3. The third-order valence-corrected chi connectivity index (χ3v) is 4.07. The van der Waals surface area contributed by atoms with Crippen LogP contribution in [0.1, 0.15) is 5.69 Å². The molecule has 0 radical (unpaired) electrons. The molecule has 0 aliphatic heterocycles. The molecule has 0 saturated heterocycles. The number of nitrogens with one attached hydrogen (secondary N) is 1. The summed E-state index contributed by atoms with van der Waals surface area (Å²) in [6.45, 7) is 0.585. The molecule has 0 aliphatic rings. The molecule has 0 amide bonds.